The van der Waals surface area contributed by atoms with Crippen molar-refractivity contribution in [3.8, 4) is 0 Å². The minimum absolute atomic E-state index is 0.722. The molecule has 18 heavy (non-hydrogen) atoms. The van der Waals surface area contributed by atoms with Crippen LogP contribution >= 0.6 is 0 Å². The maximum absolute atomic E-state index is 2.58. The lowest BCUT2D eigenvalue weighted by Gasteiger charge is -2.45. The molecule has 1 nitrogen and oxygen atoms in total. The minimum atomic E-state index is 0.722. The van der Waals surface area contributed by atoms with Gasteiger partial charge in [0.15, 0.2) is 0 Å². The van der Waals surface area contributed by atoms with E-state index in [1.165, 1.54) is 69.3 Å². The third-order valence-corrected chi connectivity index (χ3v) is 5.14. The van der Waals surface area contributed by atoms with E-state index in [1.807, 2.05) is 0 Å². The molecule has 1 heteroatoms. The number of hydrogen-bond acceptors (Lipinski definition) is 1. The summed E-state index contributed by atoms with van der Waals surface area (Å²) in [6, 6.07) is 9.04. The van der Waals surface area contributed by atoms with Crippen molar-refractivity contribution >= 4 is 5.69 Å². The lowest BCUT2D eigenvalue weighted by Crippen LogP contribution is -2.41. The molecule has 0 atom stereocenters. The van der Waals surface area contributed by atoms with E-state index in [4.69, 9.17) is 0 Å². The molecule has 1 saturated heterocycles. The number of rotatable bonds is 1. The summed E-state index contributed by atoms with van der Waals surface area (Å²) in [5.74, 6) is 0. The topological polar surface area (TPSA) is 3.24 Å². The number of aryl methyl sites for hydroxylation is 1. The summed E-state index contributed by atoms with van der Waals surface area (Å²) in [6.45, 7) is 4.70. The second-order valence-electron chi connectivity index (χ2n) is 6.38. The first-order chi connectivity index (χ1) is 8.77. The van der Waals surface area contributed by atoms with E-state index in [0.29, 0.717) is 0 Å². The summed E-state index contributed by atoms with van der Waals surface area (Å²) in [5, 5.41) is 0. The fourth-order valence-electron chi connectivity index (χ4n) is 3.80. The maximum Gasteiger partial charge on any atom is 0.0366 e. The van der Waals surface area contributed by atoms with E-state index in [0.717, 1.165) is 5.41 Å². The van der Waals surface area contributed by atoms with Crippen LogP contribution in [0.25, 0.3) is 0 Å². The van der Waals surface area contributed by atoms with Crippen molar-refractivity contribution in [2.24, 2.45) is 5.41 Å². The zero-order chi connectivity index (χ0) is 12.4. The summed E-state index contributed by atoms with van der Waals surface area (Å²) in [5.41, 5.74) is 3.50. The zero-order valence-electron chi connectivity index (χ0n) is 11.6. The first-order valence-corrected chi connectivity index (χ1v) is 7.59. The van der Waals surface area contributed by atoms with Crippen molar-refractivity contribution in [2.75, 3.05) is 18.0 Å². The van der Waals surface area contributed by atoms with E-state index in [-0.39, 0.29) is 0 Å². The normalized spacial score (nSPS) is 23.3. The molecule has 2 aliphatic rings. The first kappa shape index (κ1) is 12.1. The van der Waals surface area contributed by atoms with Crippen LogP contribution in [0.1, 0.15) is 50.5 Å². The van der Waals surface area contributed by atoms with Crippen LogP contribution in [0, 0.1) is 12.3 Å². The van der Waals surface area contributed by atoms with Gasteiger partial charge in [0.25, 0.3) is 0 Å². The molecular formula is C17H25N. The Labute approximate surface area is 111 Å². The van der Waals surface area contributed by atoms with Crippen LogP contribution in [0.3, 0.4) is 0 Å². The fourth-order valence-corrected chi connectivity index (χ4v) is 3.80. The third-order valence-electron chi connectivity index (χ3n) is 5.14. The van der Waals surface area contributed by atoms with Crippen LogP contribution in [-0.2, 0) is 0 Å². The molecule has 2 fully saturated rings. The van der Waals surface area contributed by atoms with Crippen molar-refractivity contribution in [2.45, 2.75) is 51.9 Å². The maximum atomic E-state index is 2.58. The lowest BCUT2D eigenvalue weighted by atomic mass is 9.68. The average Bonchev–Trinajstić information content (AvgIpc) is 2.42. The second kappa shape index (κ2) is 4.95. The number of hydrogen-bond donors (Lipinski definition) is 0. The molecule has 1 spiro atoms. The van der Waals surface area contributed by atoms with Gasteiger partial charge in [-0.15, -0.1) is 0 Å². The van der Waals surface area contributed by atoms with Gasteiger partial charge in [-0.2, -0.15) is 0 Å². The molecule has 98 valence electrons. The van der Waals surface area contributed by atoms with Gasteiger partial charge in [0.1, 0.15) is 0 Å². The molecule has 1 aromatic carbocycles. The van der Waals surface area contributed by atoms with Crippen LogP contribution in [0.2, 0.25) is 0 Å². The minimum Gasteiger partial charge on any atom is -0.371 e. The highest BCUT2D eigenvalue weighted by Gasteiger charge is 2.35. The van der Waals surface area contributed by atoms with Gasteiger partial charge in [-0.25, -0.2) is 0 Å². The largest absolute Gasteiger partial charge is 0.371 e. The number of nitrogens with zero attached hydrogens (tertiary/aromatic N) is 1. The molecule has 1 aliphatic carbocycles. The van der Waals surface area contributed by atoms with Gasteiger partial charge in [-0.05, 0) is 50.2 Å². The molecule has 0 N–H and O–H groups in total. The molecule has 1 aliphatic heterocycles. The summed E-state index contributed by atoms with van der Waals surface area (Å²) < 4.78 is 0. The molecule has 0 radical (unpaired) electrons. The highest BCUT2D eigenvalue weighted by molar-refractivity contribution is 5.47. The Hall–Kier alpha value is -0.980. The van der Waals surface area contributed by atoms with Crippen molar-refractivity contribution < 1.29 is 0 Å². The van der Waals surface area contributed by atoms with Gasteiger partial charge >= 0.3 is 0 Å². The van der Waals surface area contributed by atoms with E-state index in [1.54, 1.807) is 0 Å². The molecule has 0 bridgehead atoms. The Morgan fingerprint density at radius 3 is 2.06 bits per heavy atom. The van der Waals surface area contributed by atoms with E-state index >= 15 is 0 Å². The van der Waals surface area contributed by atoms with Gasteiger partial charge in [0, 0.05) is 18.8 Å². The van der Waals surface area contributed by atoms with Crippen LogP contribution < -0.4 is 4.90 Å². The van der Waals surface area contributed by atoms with Gasteiger partial charge in [0.05, 0.1) is 0 Å². The molecule has 1 saturated carbocycles. The van der Waals surface area contributed by atoms with Crippen molar-refractivity contribution in [3.05, 3.63) is 29.8 Å². The van der Waals surface area contributed by atoms with E-state index in [2.05, 4.69) is 36.1 Å². The van der Waals surface area contributed by atoms with Gasteiger partial charge in [-0.1, -0.05) is 37.0 Å². The number of benzene rings is 1. The molecule has 1 aromatic rings. The van der Waals surface area contributed by atoms with Crippen LogP contribution in [0.4, 0.5) is 5.69 Å². The molecule has 1 heterocycles. The smallest absolute Gasteiger partial charge is 0.0366 e. The lowest BCUT2D eigenvalue weighted by molar-refractivity contribution is 0.144. The number of anilines is 1. The predicted octanol–water partition coefficient (Wildman–Crippen LogP) is 4.55. The molecule has 0 unspecified atom stereocenters. The van der Waals surface area contributed by atoms with Crippen LogP contribution in [0.5, 0.6) is 0 Å². The van der Waals surface area contributed by atoms with E-state index < -0.39 is 0 Å². The highest BCUT2D eigenvalue weighted by atomic mass is 15.1. The monoisotopic (exact) mass is 243 g/mol. The SMILES string of the molecule is Cc1ccc(N2CCC3(CCCCC3)CC2)cc1. The highest BCUT2D eigenvalue weighted by Crippen LogP contribution is 2.45. The third kappa shape index (κ3) is 2.41. The average molecular weight is 243 g/mol. The molecule has 0 aromatic heterocycles. The van der Waals surface area contributed by atoms with E-state index in [9.17, 15) is 0 Å². The van der Waals surface area contributed by atoms with Crippen molar-refractivity contribution in [1.82, 2.24) is 0 Å². The summed E-state index contributed by atoms with van der Waals surface area (Å²) in [6.07, 6.45) is 10.3. The van der Waals surface area contributed by atoms with Gasteiger partial charge in [-0.3, -0.25) is 0 Å². The Morgan fingerprint density at radius 2 is 1.44 bits per heavy atom. The Bertz CT molecular complexity index is 377. The first-order valence-electron chi connectivity index (χ1n) is 7.59. The zero-order valence-corrected chi connectivity index (χ0v) is 11.6. The van der Waals surface area contributed by atoms with Gasteiger partial charge in [0.2, 0.25) is 0 Å². The fraction of sp³-hybridized carbons (Fsp3) is 0.647. The molecule has 3 rings (SSSR count). The predicted molar refractivity (Wildman–Crippen MR) is 78.1 cm³/mol. The van der Waals surface area contributed by atoms with Crippen molar-refractivity contribution in [3.63, 3.8) is 0 Å². The summed E-state index contributed by atoms with van der Waals surface area (Å²) in [4.78, 5) is 2.58. The summed E-state index contributed by atoms with van der Waals surface area (Å²) >= 11 is 0. The van der Waals surface area contributed by atoms with Crippen molar-refractivity contribution in [1.29, 1.82) is 0 Å². The Balaban J connectivity index is 1.64. The standard InChI is InChI=1S/C17H25N/c1-15-5-7-16(8-6-15)18-13-11-17(12-14-18)9-3-2-4-10-17/h5-8H,2-4,9-14H2,1H3. The number of piperidine rings is 1. The van der Waals surface area contributed by atoms with Crippen LogP contribution in [0.15, 0.2) is 24.3 Å². The van der Waals surface area contributed by atoms with Gasteiger partial charge < -0.3 is 4.90 Å². The molecule has 0 amide bonds. The van der Waals surface area contributed by atoms with Crippen LogP contribution in [-0.4, -0.2) is 13.1 Å². The Morgan fingerprint density at radius 1 is 0.833 bits per heavy atom. The Kier molecular flexibility index (Phi) is 3.32. The molecular weight excluding hydrogens is 218 g/mol. The second-order valence-corrected chi connectivity index (χ2v) is 6.38. The summed E-state index contributed by atoms with van der Waals surface area (Å²) in [7, 11) is 0. The quantitative estimate of drug-likeness (QED) is 0.699.